The van der Waals surface area contributed by atoms with Gasteiger partial charge in [0.05, 0.1) is 36.2 Å². The quantitative estimate of drug-likeness (QED) is 0.193. The van der Waals surface area contributed by atoms with Crippen LogP contribution in [-0.4, -0.2) is 48.0 Å². The number of amides is 2. The first kappa shape index (κ1) is 24.7. The minimum Gasteiger partial charge on any atom is -0.467 e. The minimum absolute atomic E-state index is 0.0959. The highest BCUT2D eigenvalue weighted by atomic mass is 31.2. The molecule has 0 fully saturated rings. The van der Waals surface area contributed by atoms with E-state index in [1.165, 1.54) is 13.8 Å². The monoisotopic (exact) mass is 449 g/mol. The van der Waals surface area contributed by atoms with Crippen LogP contribution >= 0.6 is 7.60 Å². The molecule has 0 aliphatic heterocycles. The molecule has 0 saturated heterocycles. The summed E-state index contributed by atoms with van der Waals surface area (Å²) in [7, 11) is -3.16. The standard InChI is InChI=1S/C14H20N5O10P/c1-4-28-30(26,29-5-2)12(13(20)27-3)15-14(21)17-16-10-7-6-9(18(22)23)8-11(10)19(24)25/h6-8,12,16H,4-5H2,1-3H3,(H2,15,17,21). The summed E-state index contributed by atoms with van der Waals surface area (Å²) in [6.07, 6.45) is 0. The molecule has 0 spiro atoms. The molecule has 30 heavy (non-hydrogen) atoms. The van der Waals surface area contributed by atoms with Crippen molar-refractivity contribution < 1.29 is 37.8 Å². The van der Waals surface area contributed by atoms with Crippen LogP contribution in [0.2, 0.25) is 0 Å². The molecule has 15 nitrogen and oxygen atoms in total. The van der Waals surface area contributed by atoms with Crippen LogP contribution in [0.3, 0.4) is 0 Å². The van der Waals surface area contributed by atoms with E-state index in [9.17, 15) is 34.4 Å². The lowest BCUT2D eigenvalue weighted by molar-refractivity contribution is -0.393. The van der Waals surface area contributed by atoms with Gasteiger partial charge in [-0.15, -0.1) is 0 Å². The average molecular weight is 449 g/mol. The molecule has 2 amide bonds. The molecule has 166 valence electrons. The summed E-state index contributed by atoms with van der Waals surface area (Å²) in [6, 6.07) is 1.53. The van der Waals surface area contributed by atoms with E-state index in [1.807, 2.05) is 10.7 Å². The van der Waals surface area contributed by atoms with Gasteiger partial charge < -0.3 is 19.1 Å². The van der Waals surface area contributed by atoms with Gasteiger partial charge in [-0.25, -0.2) is 9.59 Å². The molecule has 0 aliphatic carbocycles. The van der Waals surface area contributed by atoms with Crippen LogP contribution in [0.15, 0.2) is 18.2 Å². The second-order valence-electron chi connectivity index (χ2n) is 5.24. The van der Waals surface area contributed by atoms with E-state index in [2.05, 4.69) is 10.2 Å². The molecule has 0 heterocycles. The van der Waals surface area contributed by atoms with Crippen molar-refractivity contribution in [1.29, 1.82) is 0 Å². The minimum atomic E-state index is -4.15. The number of hydrazine groups is 1. The Labute approximate surface area is 169 Å². The van der Waals surface area contributed by atoms with Crippen LogP contribution in [0.4, 0.5) is 21.9 Å². The highest BCUT2D eigenvalue weighted by Gasteiger charge is 2.43. The first-order chi connectivity index (χ1) is 14.1. The predicted octanol–water partition coefficient (Wildman–Crippen LogP) is 1.89. The third kappa shape index (κ3) is 6.37. The van der Waals surface area contributed by atoms with Crippen molar-refractivity contribution in [3.8, 4) is 0 Å². The first-order valence-corrected chi connectivity index (χ1v) is 9.92. The number of esters is 1. The number of methoxy groups -OCH3 is 1. The molecule has 0 saturated carbocycles. The Bertz CT molecular complexity index is 854. The largest absolute Gasteiger partial charge is 0.467 e. The second-order valence-corrected chi connectivity index (χ2v) is 7.35. The van der Waals surface area contributed by atoms with Gasteiger partial charge in [0, 0.05) is 6.07 Å². The molecule has 1 aromatic rings. The zero-order valence-corrected chi connectivity index (χ0v) is 17.0. The zero-order chi connectivity index (χ0) is 22.9. The van der Waals surface area contributed by atoms with Crippen LogP contribution < -0.4 is 16.2 Å². The number of carbonyl (C=O) groups excluding carboxylic acids is 2. The summed E-state index contributed by atoms with van der Waals surface area (Å²) in [6.45, 7) is 2.80. The topological polar surface area (TPSA) is 201 Å². The summed E-state index contributed by atoms with van der Waals surface area (Å²) in [5.74, 6) is -2.94. The van der Waals surface area contributed by atoms with E-state index in [0.29, 0.717) is 6.07 Å². The lowest BCUT2D eigenvalue weighted by atomic mass is 10.2. The number of rotatable bonds is 11. The zero-order valence-electron chi connectivity index (χ0n) is 16.1. The summed E-state index contributed by atoms with van der Waals surface area (Å²) in [5, 5.41) is 23.9. The number of nitrogens with zero attached hydrogens (tertiary/aromatic N) is 2. The molecule has 3 N–H and O–H groups in total. The average Bonchev–Trinajstić information content (AvgIpc) is 2.69. The highest BCUT2D eigenvalue weighted by Crippen LogP contribution is 2.52. The predicted molar refractivity (Wildman–Crippen MR) is 102 cm³/mol. The van der Waals surface area contributed by atoms with Crippen molar-refractivity contribution in [3.63, 3.8) is 0 Å². The van der Waals surface area contributed by atoms with Gasteiger partial charge >= 0.3 is 25.3 Å². The number of ether oxygens (including phenoxy) is 1. The van der Waals surface area contributed by atoms with Gasteiger partial charge in [-0.2, -0.15) is 0 Å². The van der Waals surface area contributed by atoms with E-state index < -0.39 is 46.6 Å². The third-order valence-electron chi connectivity index (χ3n) is 3.33. The molecular weight excluding hydrogens is 429 g/mol. The molecule has 1 rings (SSSR count). The molecule has 0 radical (unpaired) electrons. The van der Waals surface area contributed by atoms with Gasteiger partial charge in [-0.1, -0.05) is 0 Å². The van der Waals surface area contributed by atoms with Gasteiger partial charge in [0.1, 0.15) is 5.69 Å². The van der Waals surface area contributed by atoms with Crippen molar-refractivity contribution >= 4 is 36.7 Å². The molecule has 0 aromatic heterocycles. The van der Waals surface area contributed by atoms with Crippen LogP contribution in [0.1, 0.15) is 13.8 Å². The highest BCUT2D eigenvalue weighted by molar-refractivity contribution is 7.55. The normalized spacial score (nSPS) is 11.8. The van der Waals surface area contributed by atoms with Crippen molar-refractivity contribution in [3.05, 3.63) is 38.4 Å². The Morgan fingerprint density at radius 2 is 1.73 bits per heavy atom. The van der Waals surface area contributed by atoms with Crippen molar-refractivity contribution in [2.45, 2.75) is 19.6 Å². The van der Waals surface area contributed by atoms with Crippen LogP contribution in [0, 0.1) is 20.2 Å². The molecule has 1 aromatic carbocycles. The number of anilines is 1. The molecule has 0 aliphatic rings. The number of carbonyl (C=O) groups is 2. The Morgan fingerprint density at radius 1 is 1.13 bits per heavy atom. The number of nitrogens with one attached hydrogen (secondary N) is 3. The van der Waals surface area contributed by atoms with Crippen LogP contribution in [0.5, 0.6) is 0 Å². The van der Waals surface area contributed by atoms with Crippen LogP contribution in [0.25, 0.3) is 0 Å². The van der Waals surface area contributed by atoms with Crippen molar-refractivity contribution in [2.75, 3.05) is 25.7 Å². The fourth-order valence-electron chi connectivity index (χ4n) is 2.10. The molecular formula is C14H20N5O10P. The van der Waals surface area contributed by atoms with E-state index >= 15 is 0 Å². The maximum absolute atomic E-state index is 12.8. The van der Waals surface area contributed by atoms with E-state index in [-0.39, 0.29) is 18.9 Å². The van der Waals surface area contributed by atoms with Gasteiger partial charge in [0.25, 0.3) is 5.69 Å². The molecule has 0 bridgehead atoms. The lowest BCUT2D eigenvalue weighted by Crippen LogP contribution is -2.48. The fraction of sp³-hybridized carbons (Fsp3) is 0.429. The lowest BCUT2D eigenvalue weighted by Gasteiger charge is -2.25. The number of urea groups is 1. The maximum Gasteiger partial charge on any atom is 0.364 e. The third-order valence-corrected chi connectivity index (χ3v) is 5.53. The summed E-state index contributed by atoms with van der Waals surface area (Å²) >= 11 is 0. The van der Waals surface area contributed by atoms with Gasteiger partial charge in [0.15, 0.2) is 0 Å². The van der Waals surface area contributed by atoms with E-state index in [1.54, 1.807) is 0 Å². The SMILES string of the molecule is CCOP(=O)(OCC)C(NC(=O)NNc1ccc([N+](=O)[O-])cc1[N+](=O)[O-])C(=O)OC. The molecule has 16 heteroatoms. The summed E-state index contributed by atoms with van der Waals surface area (Å²) < 4.78 is 27.4. The van der Waals surface area contributed by atoms with E-state index in [0.717, 1.165) is 19.2 Å². The van der Waals surface area contributed by atoms with Crippen molar-refractivity contribution in [2.24, 2.45) is 0 Å². The Hall–Kier alpha value is -3.29. The molecule has 1 atom stereocenters. The van der Waals surface area contributed by atoms with Gasteiger partial charge in [-0.05, 0) is 19.9 Å². The number of hydrogen-bond donors (Lipinski definition) is 3. The fourth-order valence-corrected chi connectivity index (χ4v) is 3.83. The first-order valence-electron chi connectivity index (χ1n) is 8.31. The maximum atomic E-state index is 12.8. The Morgan fingerprint density at radius 3 is 2.20 bits per heavy atom. The number of nitro groups is 2. The number of hydrogen-bond acceptors (Lipinski definition) is 11. The van der Waals surface area contributed by atoms with Crippen LogP contribution in [-0.2, 0) is 23.1 Å². The number of nitro benzene ring substituents is 2. The smallest absolute Gasteiger partial charge is 0.364 e. The molecule has 1 unspecified atom stereocenters. The van der Waals surface area contributed by atoms with Gasteiger partial charge in [0.2, 0.25) is 5.78 Å². The van der Waals surface area contributed by atoms with Crippen molar-refractivity contribution in [1.82, 2.24) is 10.7 Å². The summed E-state index contributed by atoms with van der Waals surface area (Å²) in [5.41, 5.74) is 2.68. The Balaban J connectivity index is 3.00. The number of benzene rings is 1. The second kappa shape index (κ2) is 11.0. The Kier molecular flexibility index (Phi) is 9.11. The van der Waals surface area contributed by atoms with Gasteiger partial charge in [-0.3, -0.25) is 35.6 Å². The summed E-state index contributed by atoms with van der Waals surface area (Å²) in [4.78, 5) is 44.3. The van der Waals surface area contributed by atoms with E-state index in [4.69, 9.17) is 9.05 Å². The number of non-ortho nitro benzene ring substituents is 1.